The lowest BCUT2D eigenvalue weighted by atomic mass is 9.94. The molecule has 3 rings (SSSR count). The maximum atomic E-state index is 12.9. The van der Waals surface area contributed by atoms with Gasteiger partial charge in [0.15, 0.2) is 6.61 Å². The van der Waals surface area contributed by atoms with Crippen molar-refractivity contribution in [2.45, 2.75) is 46.0 Å². The van der Waals surface area contributed by atoms with Gasteiger partial charge >= 0.3 is 5.97 Å². The first-order chi connectivity index (χ1) is 16.0. The van der Waals surface area contributed by atoms with E-state index in [1.807, 2.05) is 44.2 Å². The Hall–Kier alpha value is -2.86. The molecule has 0 aromatic heterocycles. The van der Waals surface area contributed by atoms with Crippen LogP contribution in [0.3, 0.4) is 0 Å². The van der Waals surface area contributed by atoms with Gasteiger partial charge in [-0.25, -0.2) is 4.79 Å². The number of fused-ring (bicyclic) bond motifs is 1. The summed E-state index contributed by atoms with van der Waals surface area (Å²) in [6.45, 7) is 5.24. The van der Waals surface area contributed by atoms with Gasteiger partial charge in [0.05, 0.1) is 17.9 Å². The van der Waals surface area contributed by atoms with Gasteiger partial charge in [0.1, 0.15) is 0 Å². The molecule has 0 bridgehead atoms. The van der Waals surface area contributed by atoms with E-state index in [-0.39, 0.29) is 12.5 Å². The van der Waals surface area contributed by atoms with Gasteiger partial charge in [0.2, 0.25) is 0 Å². The third-order valence-electron chi connectivity index (χ3n) is 5.58. The molecule has 0 spiro atoms. The number of cyclic esters (lactones) is 1. The molecule has 2 aliphatic rings. The first kappa shape index (κ1) is 24.8. The van der Waals surface area contributed by atoms with Crippen LogP contribution in [0.2, 0.25) is 5.02 Å². The molecular formula is C26H31ClN2O4. The van der Waals surface area contributed by atoms with Crippen molar-refractivity contribution >= 4 is 29.2 Å². The van der Waals surface area contributed by atoms with Gasteiger partial charge in [0.25, 0.3) is 5.91 Å². The van der Waals surface area contributed by atoms with Gasteiger partial charge in [-0.1, -0.05) is 53.2 Å². The second-order valence-electron chi connectivity index (χ2n) is 8.19. The normalized spacial score (nSPS) is 20.5. The second kappa shape index (κ2) is 12.4. The fourth-order valence-electron chi connectivity index (χ4n) is 3.87. The van der Waals surface area contributed by atoms with Crippen molar-refractivity contribution in [1.29, 1.82) is 0 Å². The van der Waals surface area contributed by atoms with Crippen molar-refractivity contribution in [3.05, 3.63) is 69.8 Å². The van der Waals surface area contributed by atoms with Crippen LogP contribution in [-0.2, 0) is 20.8 Å². The van der Waals surface area contributed by atoms with Crippen LogP contribution in [0.15, 0.2) is 47.7 Å². The highest BCUT2D eigenvalue weighted by atomic mass is 35.5. The van der Waals surface area contributed by atoms with E-state index in [1.54, 1.807) is 4.90 Å². The van der Waals surface area contributed by atoms with E-state index in [1.165, 1.54) is 0 Å². The molecule has 1 aromatic rings. The van der Waals surface area contributed by atoms with Crippen molar-refractivity contribution in [2.24, 2.45) is 5.16 Å². The number of allylic oxidation sites excluding steroid dienone is 3. The molecule has 1 amide bonds. The third-order valence-corrected chi connectivity index (χ3v) is 6.10. The van der Waals surface area contributed by atoms with Crippen molar-refractivity contribution in [3.63, 3.8) is 0 Å². The highest BCUT2D eigenvalue weighted by molar-refractivity contribution is 6.33. The van der Waals surface area contributed by atoms with Gasteiger partial charge in [-0.3, -0.25) is 4.79 Å². The molecule has 33 heavy (non-hydrogen) atoms. The van der Waals surface area contributed by atoms with Crippen LogP contribution in [0.5, 0.6) is 0 Å². The van der Waals surface area contributed by atoms with Gasteiger partial charge in [0, 0.05) is 24.5 Å². The van der Waals surface area contributed by atoms with Gasteiger partial charge in [-0.15, -0.1) is 0 Å². The molecule has 0 N–H and O–H groups in total. The molecule has 0 saturated heterocycles. The minimum atomic E-state index is -0.396. The van der Waals surface area contributed by atoms with Crippen LogP contribution in [0.25, 0.3) is 0 Å². The standard InChI is InChI=1S/C26H31ClN2O4/c1-19-16-20(2)25(27)22-17-21(28-33-18-23(30)29-13-9-7-10-14-29)12-8-5-3-4-6-11-15-32-26(31)24(19)22/h4,6-9,12,16H,3,5,10-11,13-15,17-18H2,1-2H3/b6-4+,12-8+,28-21+. The topological polar surface area (TPSA) is 68.2 Å². The lowest BCUT2D eigenvalue weighted by Crippen LogP contribution is -2.36. The summed E-state index contributed by atoms with van der Waals surface area (Å²) >= 11 is 6.64. The molecular weight excluding hydrogens is 440 g/mol. The highest BCUT2D eigenvalue weighted by Gasteiger charge is 2.22. The summed E-state index contributed by atoms with van der Waals surface area (Å²) in [5.41, 5.74) is 3.39. The number of nitrogens with zero attached hydrogens (tertiary/aromatic N) is 2. The average Bonchev–Trinajstić information content (AvgIpc) is 2.80. The number of hydrogen-bond acceptors (Lipinski definition) is 5. The van der Waals surface area contributed by atoms with E-state index in [2.05, 4.69) is 17.3 Å². The number of carbonyl (C=O) groups is 2. The lowest BCUT2D eigenvalue weighted by Gasteiger charge is -2.22. The minimum Gasteiger partial charge on any atom is -0.462 e. The Labute approximate surface area is 200 Å². The van der Waals surface area contributed by atoms with E-state index >= 15 is 0 Å². The molecule has 176 valence electrons. The smallest absolute Gasteiger partial charge is 0.338 e. The molecule has 2 aliphatic heterocycles. The SMILES string of the molecule is Cc1cc(C)c2c(c1Cl)CC(=N/OCC(=O)N1CC=CCC1)/C=C/CC/C=C/CCOC2=O. The van der Waals surface area contributed by atoms with E-state index in [0.717, 1.165) is 30.4 Å². The van der Waals surface area contributed by atoms with E-state index in [0.29, 0.717) is 54.4 Å². The summed E-state index contributed by atoms with van der Waals surface area (Å²) < 4.78 is 5.51. The Balaban J connectivity index is 1.87. The number of oxime groups is 1. The van der Waals surface area contributed by atoms with Crippen molar-refractivity contribution in [2.75, 3.05) is 26.3 Å². The van der Waals surface area contributed by atoms with E-state index < -0.39 is 5.97 Å². The maximum absolute atomic E-state index is 12.9. The van der Waals surface area contributed by atoms with Gasteiger partial charge < -0.3 is 14.5 Å². The Kier molecular flexibility index (Phi) is 9.31. The van der Waals surface area contributed by atoms with Crippen LogP contribution >= 0.6 is 11.6 Å². The minimum absolute atomic E-state index is 0.104. The molecule has 1 aromatic carbocycles. The number of carbonyl (C=O) groups excluding carboxylic acids is 2. The zero-order valence-corrected chi connectivity index (χ0v) is 20.1. The molecule has 2 heterocycles. The van der Waals surface area contributed by atoms with Crippen molar-refractivity contribution in [3.8, 4) is 0 Å². The third kappa shape index (κ3) is 7.06. The number of hydrogen-bond donors (Lipinski definition) is 0. The maximum Gasteiger partial charge on any atom is 0.338 e. The second-order valence-corrected chi connectivity index (χ2v) is 8.56. The summed E-state index contributed by atoms with van der Waals surface area (Å²) in [5.74, 6) is -0.500. The Morgan fingerprint density at radius 3 is 2.64 bits per heavy atom. The molecule has 0 radical (unpaired) electrons. The van der Waals surface area contributed by atoms with Gasteiger partial charge in [-0.2, -0.15) is 0 Å². The van der Waals surface area contributed by atoms with E-state index in [9.17, 15) is 9.59 Å². The van der Waals surface area contributed by atoms with Crippen molar-refractivity contribution in [1.82, 2.24) is 4.90 Å². The zero-order chi connectivity index (χ0) is 23.6. The lowest BCUT2D eigenvalue weighted by molar-refractivity contribution is -0.135. The molecule has 0 aliphatic carbocycles. The number of aryl methyl sites for hydroxylation is 2. The number of benzene rings is 1. The predicted molar refractivity (Wildman–Crippen MR) is 131 cm³/mol. The first-order valence-electron chi connectivity index (χ1n) is 11.4. The summed E-state index contributed by atoms with van der Waals surface area (Å²) in [6, 6.07) is 1.89. The number of amides is 1. The summed E-state index contributed by atoms with van der Waals surface area (Å²) in [4.78, 5) is 32.5. The van der Waals surface area contributed by atoms with Crippen molar-refractivity contribution < 1.29 is 19.2 Å². The molecule has 7 heteroatoms. The Bertz CT molecular complexity index is 994. The number of halogens is 1. The van der Waals surface area contributed by atoms with Crippen LogP contribution in [-0.4, -0.2) is 48.8 Å². The highest BCUT2D eigenvalue weighted by Crippen LogP contribution is 2.29. The molecule has 0 unspecified atom stereocenters. The molecule has 0 saturated carbocycles. The molecule has 6 nitrogen and oxygen atoms in total. The van der Waals surface area contributed by atoms with Gasteiger partial charge in [-0.05, 0) is 62.3 Å². The first-order valence-corrected chi connectivity index (χ1v) is 11.7. The Morgan fingerprint density at radius 1 is 1.09 bits per heavy atom. The Morgan fingerprint density at radius 2 is 1.85 bits per heavy atom. The van der Waals surface area contributed by atoms with Crippen LogP contribution in [0, 0.1) is 13.8 Å². The molecule has 0 fully saturated rings. The predicted octanol–water partition coefficient (Wildman–Crippen LogP) is 5.11. The zero-order valence-electron chi connectivity index (χ0n) is 19.3. The number of esters is 1. The van der Waals surface area contributed by atoms with Crippen LogP contribution < -0.4 is 0 Å². The summed E-state index contributed by atoms with van der Waals surface area (Å²) in [7, 11) is 0. The average molecular weight is 471 g/mol. The quantitative estimate of drug-likeness (QED) is 0.349. The largest absolute Gasteiger partial charge is 0.462 e. The van der Waals surface area contributed by atoms with Crippen LogP contribution in [0.4, 0.5) is 0 Å². The monoisotopic (exact) mass is 470 g/mol. The summed E-state index contributed by atoms with van der Waals surface area (Å²) in [5, 5.41) is 4.76. The fraction of sp³-hybridized carbons (Fsp3) is 0.423. The molecule has 0 atom stereocenters. The summed E-state index contributed by atoms with van der Waals surface area (Å²) in [6.07, 6.45) is 15.5. The number of ether oxygens (including phenoxy) is 1. The van der Waals surface area contributed by atoms with Crippen LogP contribution in [0.1, 0.15) is 52.7 Å². The van der Waals surface area contributed by atoms with E-state index in [4.69, 9.17) is 21.2 Å². The fourth-order valence-corrected chi connectivity index (χ4v) is 4.08. The number of rotatable bonds is 3.